The van der Waals surface area contributed by atoms with Gasteiger partial charge in [0.05, 0.1) is 10.4 Å². The molecule has 1 atom stereocenters. The van der Waals surface area contributed by atoms with Crippen LogP contribution in [-0.2, 0) is 4.79 Å². The molecule has 0 aliphatic heterocycles. The van der Waals surface area contributed by atoms with E-state index in [1.54, 1.807) is 0 Å². The first-order chi connectivity index (χ1) is 7.30. The van der Waals surface area contributed by atoms with Gasteiger partial charge in [-0.15, -0.1) is 0 Å². The van der Waals surface area contributed by atoms with Gasteiger partial charge in [0.15, 0.2) is 0 Å². The molecule has 0 fully saturated rings. The van der Waals surface area contributed by atoms with Gasteiger partial charge in [0.2, 0.25) is 5.91 Å². The zero-order valence-electron chi connectivity index (χ0n) is 9.55. The Kier molecular flexibility index (Phi) is 4.39. The number of benzene rings is 1. The van der Waals surface area contributed by atoms with Crippen LogP contribution in [-0.4, -0.2) is 10.2 Å². The first kappa shape index (κ1) is 13.5. The Labute approximate surface area is 110 Å². The van der Waals surface area contributed by atoms with Crippen LogP contribution in [0, 0.1) is 0 Å². The highest BCUT2D eigenvalue weighted by atomic mass is 79.9. The third-order valence-corrected chi connectivity index (χ3v) is 2.87. The van der Waals surface area contributed by atoms with Crippen LogP contribution in [0.4, 0.5) is 0 Å². The van der Waals surface area contributed by atoms with Crippen LogP contribution in [0.1, 0.15) is 32.4 Å². The first-order valence-corrected chi connectivity index (χ1v) is 6.23. The number of hydrogen-bond donors (Lipinski definition) is 1. The monoisotopic (exact) mass is 303 g/mol. The fourth-order valence-electron chi connectivity index (χ4n) is 1.20. The maximum Gasteiger partial charge on any atom is 0.236 e. The molecule has 1 aromatic rings. The van der Waals surface area contributed by atoms with E-state index in [1.165, 1.54) is 0 Å². The molecule has 0 saturated carbocycles. The lowest BCUT2D eigenvalue weighted by Crippen LogP contribution is -2.38. The van der Waals surface area contributed by atoms with Crippen molar-refractivity contribution in [1.82, 2.24) is 5.32 Å². The van der Waals surface area contributed by atoms with E-state index in [0.29, 0.717) is 5.02 Å². The van der Waals surface area contributed by atoms with Crippen molar-refractivity contribution in [3.05, 3.63) is 34.9 Å². The summed E-state index contributed by atoms with van der Waals surface area (Å²) in [5.74, 6) is -0.0325. The average Bonchev–Trinajstić information content (AvgIpc) is 2.17. The summed E-state index contributed by atoms with van der Waals surface area (Å²) in [5, 5.41) is 3.62. The van der Waals surface area contributed by atoms with Crippen molar-refractivity contribution < 1.29 is 4.79 Å². The predicted octanol–water partition coefficient (Wildman–Crippen LogP) is 3.69. The number of nitrogens with one attached hydrogen (secondary N) is 1. The molecule has 16 heavy (non-hydrogen) atoms. The van der Waals surface area contributed by atoms with Crippen LogP contribution in [0.5, 0.6) is 0 Å². The lowest BCUT2D eigenvalue weighted by molar-refractivity contribution is -0.123. The molecule has 0 aromatic heterocycles. The minimum Gasteiger partial charge on any atom is -0.348 e. The molecule has 0 radical (unpaired) electrons. The number of rotatable bonds is 3. The Balaban J connectivity index is 2.69. The molecule has 0 spiro atoms. The third kappa shape index (κ3) is 3.80. The minimum absolute atomic E-state index is 0.0263. The summed E-state index contributed by atoms with van der Waals surface area (Å²) in [6, 6.07) is 7.43. The van der Waals surface area contributed by atoms with E-state index in [1.807, 2.05) is 45.0 Å². The Morgan fingerprint density at radius 2 is 1.88 bits per heavy atom. The van der Waals surface area contributed by atoms with Crippen LogP contribution >= 0.6 is 27.5 Å². The molecule has 4 heteroatoms. The lowest BCUT2D eigenvalue weighted by Gasteiger charge is -2.20. The fourth-order valence-corrected chi connectivity index (χ4v) is 1.44. The van der Waals surface area contributed by atoms with Gasteiger partial charge in [0.25, 0.3) is 0 Å². The van der Waals surface area contributed by atoms with Gasteiger partial charge in [0.1, 0.15) is 0 Å². The Bertz CT molecular complexity index is 370. The van der Waals surface area contributed by atoms with Crippen LogP contribution in [0.3, 0.4) is 0 Å². The van der Waals surface area contributed by atoms with Crippen molar-refractivity contribution in [3.63, 3.8) is 0 Å². The second-order valence-electron chi connectivity index (χ2n) is 4.22. The van der Waals surface area contributed by atoms with Gasteiger partial charge in [-0.05, 0) is 38.5 Å². The number of alkyl halides is 1. The molecular weight excluding hydrogens is 289 g/mol. The van der Waals surface area contributed by atoms with Crippen molar-refractivity contribution in [1.29, 1.82) is 0 Å². The van der Waals surface area contributed by atoms with E-state index in [0.717, 1.165) is 5.56 Å². The highest BCUT2D eigenvalue weighted by molar-refractivity contribution is 9.10. The molecule has 1 N–H and O–H groups in total. The SMILES string of the molecule is CC(NC(=O)C(C)(C)Br)c1ccc(Cl)cc1. The summed E-state index contributed by atoms with van der Waals surface area (Å²) in [6.07, 6.45) is 0. The van der Waals surface area contributed by atoms with Crippen molar-refractivity contribution in [2.75, 3.05) is 0 Å². The molecule has 88 valence electrons. The number of amides is 1. The van der Waals surface area contributed by atoms with Gasteiger partial charge in [-0.2, -0.15) is 0 Å². The molecule has 0 aliphatic rings. The Hall–Kier alpha value is -0.540. The van der Waals surface area contributed by atoms with Crippen LogP contribution in [0.15, 0.2) is 24.3 Å². The van der Waals surface area contributed by atoms with E-state index in [4.69, 9.17) is 11.6 Å². The number of halogens is 2. The quantitative estimate of drug-likeness (QED) is 0.848. The van der Waals surface area contributed by atoms with Crippen molar-refractivity contribution in [2.45, 2.75) is 31.1 Å². The Morgan fingerprint density at radius 1 is 1.38 bits per heavy atom. The zero-order valence-corrected chi connectivity index (χ0v) is 11.9. The highest BCUT2D eigenvalue weighted by Crippen LogP contribution is 2.20. The highest BCUT2D eigenvalue weighted by Gasteiger charge is 2.24. The molecule has 1 amide bonds. The largest absolute Gasteiger partial charge is 0.348 e. The minimum atomic E-state index is -0.548. The van der Waals surface area contributed by atoms with E-state index < -0.39 is 4.32 Å². The Morgan fingerprint density at radius 3 is 2.31 bits per heavy atom. The number of carbonyl (C=O) groups excluding carboxylic acids is 1. The summed E-state index contributed by atoms with van der Waals surface area (Å²) in [7, 11) is 0. The van der Waals surface area contributed by atoms with Crippen LogP contribution < -0.4 is 5.32 Å². The molecule has 0 saturated heterocycles. The normalized spacial score (nSPS) is 13.3. The molecule has 1 rings (SSSR count). The summed E-state index contributed by atoms with van der Waals surface area (Å²) >= 11 is 9.12. The van der Waals surface area contributed by atoms with Gasteiger partial charge in [-0.3, -0.25) is 4.79 Å². The summed E-state index contributed by atoms with van der Waals surface area (Å²) in [4.78, 5) is 11.7. The third-order valence-electron chi connectivity index (χ3n) is 2.26. The lowest BCUT2D eigenvalue weighted by atomic mass is 10.1. The van der Waals surface area contributed by atoms with Gasteiger partial charge in [-0.25, -0.2) is 0 Å². The van der Waals surface area contributed by atoms with E-state index >= 15 is 0 Å². The van der Waals surface area contributed by atoms with Gasteiger partial charge in [0, 0.05) is 5.02 Å². The molecule has 0 aliphatic carbocycles. The van der Waals surface area contributed by atoms with Gasteiger partial charge < -0.3 is 5.32 Å². The van der Waals surface area contributed by atoms with Crippen molar-refractivity contribution in [2.24, 2.45) is 0 Å². The number of hydrogen-bond acceptors (Lipinski definition) is 1. The average molecular weight is 305 g/mol. The summed E-state index contributed by atoms with van der Waals surface area (Å²) in [6.45, 7) is 5.58. The standard InChI is InChI=1S/C12H15BrClNO/c1-8(15-11(16)12(2,3)13)9-4-6-10(14)7-5-9/h4-8H,1-3H3,(H,15,16). The smallest absolute Gasteiger partial charge is 0.236 e. The maximum atomic E-state index is 11.7. The molecule has 1 aromatic carbocycles. The van der Waals surface area contributed by atoms with Gasteiger partial charge in [-0.1, -0.05) is 39.7 Å². The summed E-state index contributed by atoms with van der Waals surface area (Å²) < 4.78 is -0.548. The molecule has 0 bridgehead atoms. The number of carbonyl (C=O) groups is 1. The van der Waals surface area contributed by atoms with E-state index in [9.17, 15) is 4.79 Å². The van der Waals surface area contributed by atoms with Crippen molar-refractivity contribution >= 4 is 33.4 Å². The van der Waals surface area contributed by atoms with Crippen LogP contribution in [0.2, 0.25) is 5.02 Å². The zero-order chi connectivity index (χ0) is 12.3. The first-order valence-electron chi connectivity index (χ1n) is 5.06. The summed E-state index contributed by atoms with van der Waals surface area (Å²) in [5.41, 5.74) is 1.04. The van der Waals surface area contributed by atoms with E-state index in [2.05, 4.69) is 21.2 Å². The van der Waals surface area contributed by atoms with E-state index in [-0.39, 0.29) is 11.9 Å². The molecule has 0 heterocycles. The molecule has 2 nitrogen and oxygen atoms in total. The maximum absolute atomic E-state index is 11.7. The molecular formula is C12H15BrClNO. The molecule has 1 unspecified atom stereocenters. The van der Waals surface area contributed by atoms with Crippen LogP contribution in [0.25, 0.3) is 0 Å². The van der Waals surface area contributed by atoms with Crippen molar-refractivity contribution in [3.8, 4) is 0 Å². The fraction of sp³-hybridized carbons (Fsp3) is 0.417. The second-order valence-corrected chi connectivity index (χ2v) is 6.64. The van der Waals surface area contributed by atoms with Gasteiger partial charge >= 0.3 is 0 Å². The predicted molar refractivity (Wildman–Crippen MR) is 71.0 cm³/mol. The topological polar surface area (TPSA) is 29.1 Å². The second kappa shape index (κ2) is 5.19.